The average Bonchev–Trinajstić information content (AvgIpc) is 3.35. The number of pyridine rings is 1. The van der Waals surface area contributed by atoms with E-state index in [2.05, 4.69) is 25.1 Å². The molecule has 13 heteroatoms. The highest BCUT2D eigenvalue weighted by Gasteiger charge is 2.24. The number of anilines is 1. The molecule has 0 aliphatic heterocycles. The third kappa shape index (κ3) is 4.92. The van der Waals surface area contributed by atoms with Gasteiger partial charge in [0.15, 0.2) is 11.5 Å². The third-order valence-corrected chi connectivity index (χ3v) is 7.03. The summed E-state index contributed by atoms with van der Waals surface area (Å²) >= 11 is -0.306. The minimum Gasteiger partial charge on any atom is -0.593 e. The second-order valence-corrected chi connectivity index (χ2v) is 10.4. The second kappa shape index (κ2) is 9.92. The van der Waals surface area contributed by atoms with Crippen molar-refractivity contribution in [1.29, 1.82) is 0 Å². The zero-order chi connectivity index (χ0) is 26.3. The van der Waals surface area contributed by atoms with Gasteiger partial charge >= 0.3 is 0 Å². The molecule has 3 heterocycles. The van der Waals surface area contributed by atoms with Crippen molar-refractivity contribution in [3.63, 3.8) is 0 Å². The molecule has 5 aromatic rings. The normalized spacial score (nSPS) is 13.1. The molecule has 1 amide bonds. The molecular formula is C24H20F2N6O3S2. The molecule has 2 aromatic carbocycles. The first kappa shape index (κ1) is 24.9. The number of aromatic hydroxyl groups is 1. The first-order valence-corrected chi connectivity index (χ1v) is 13.3. The van der Waals surface area contributed by atoms with Gasteiger partial charge in [-0.05, 0) is 36.2 Å². The van der Waals surface area contributed by atoms with Crippen molar-refractivity contribution < 1.29 is 23.2 Å². The molecule has 3 aromatic heterocycles. The number of nitrogens with one attached hydrogen (secondary N) is 2. The van der Waals surface area contributed by atoms with E-state index in [1.54, 1.807) is 17.8 Å². The number of aromatic nitrogens is 4. The second-order valence-electron chi connectivity index (χ2n) is 8.29. The summed E-state index contributed by atoms with van der Waals surface area (Å²) in [7, 11) is 1.75. The van der Waals surface area contributed by atoms with Crippen LogP contribution in [-0.4, -0.2) is 42.1 Å². The average molecular weight is 543 g/mol. The van der Waals surface area contributed by atoms with Gasteiger partial charge in [-0.15, -0.1) is 0 Å². The van der Waals surface area contributed by atoms with Crippen molar-refractivity contribution in [2.24, 2.45) is 7.05 Å². The molecule has 190 valence electrons. The molecule has 0 radical (unpaired) electrons. The van der Waals surface area contributed by atoms with E-state index in [1.165, 1.54) is 18.4 Å². The molecule has 0 bridgehead atoms. The topological polar surface area (TPSA) is 128 Å². The van der Waals surface area contributed by atoms with Crippen molar-refractivity contribution >= 4 is 56.2 Å². The van der Waals surface area contributed by atoms with Gasteiger partial charge in [-0.3, -0.25) is 9.48 Å². The Morgan fingerprint density at radius 2 is 1.95 bits per heavy atom. The molecule has 0 saturated heterocycles. The molecule has 0 fully saturated rings. The Hall–Kier alpha value is -3.81. The molecule has 37 heavy (non-hydrogen) atoms. The monoisotopic (exact) mass is 542 g/mol. The molecule has 0 aliphatic carbocycles. The van der Waals surface area contributed by atoms with Gasteiger partial charge in [0.05, 0.1) is 33.3 Å². The fraction of sp³-hybridized carbons (Fsp3) is 0.167. The number of amides is 1. The quantitative estimate of drug-likeness (QED) is 0.200. The Morgan fingerprint density at radius 3 is 2.65 bits per heavy atom. The molecule has 5 rings (SSSR count). The van der Waals surface area contributed by atoms with Gasteiger partial charge in [0.1, 0.15) is 17.9 Å². The van der Waals surface area contributed by atoms with Crippen LogP contribution < -0.4 is 10.0 Å². The summed E-state index contributed by atoms with van der Waals surface area (Å²) in [6, 6.07) is 9.67. The highest BCUT2D eigenvalue weighted by molar-refractivity contribution is 7.92. The fourth-order valence-electron chi connectivity index (χ4n) is 4.39. The van der Waals surface area contributed by atoms with Crippen molar-refractivity contribution in [3.8, 4) is 16.3 Å². The van der Waals surface area contributed by atoms with Gasteiger partial charge in [-0.2, -0.15) is 14.8 Å². The van der Waals surface area contributed by atoms with Crippen molar-refractivity contribution in [3.05, 3.63) is 65.4 Å². The summed E-state index contributed by atoms with van der Waals surface area (Å²) in [6.45, 7) is 0. The van der Waals surface area contributed by atoms with Crippen LogP contribution in [0.3, 0.4) is 0 Å². The number of rotatable bonds is 8. The van der Waals surface area contributed by atoms with E-state index in [1.807, 2.05) is 18.2 Å². The Labute approximate surface area is 216 Å². The number of fused-ring (bicyclic) bond motifs is 2. The number of carbonyl (C=O) groups excluding carboxylic acids is 1. The number of thiazole rings is 1. The van der Waals surface area contributed by atoms with Crippen LogP contribution in [0.15, 0.2) is 42.5 Å². The Kier molecular flexibility index (Phi) is 6.67. The summed E-state index contributed by atoms with van der Waals surface area (Å²) in [4.78, 5) is 20.3. The van der Waals surface area contributed by atoms with Crippen LogP contribution in [-0.2, 0) is 29.6 Å². The molecule has 3 N–H and O–H groups in total. The smallest absolute Gasteiger partial charge is 0.273 e. The number of nitrogens with zero attached hydrogens (tertiary/aromatic N) is 4. The van der Waals surface area contributed by atoms with Crippen LogP contribution in [0.4, 0.5) is 14.6 Å². The number of hydrogen-bond donors (Lipinski definition) is 3. The maximum absolute atomic E-state index is 13.9. The van der Waals surface area contributed by atoms with Crippen molar-refractivity contribution in [2.45, 2.75) is 12.5 Å². The number of benzene rings is 2. The fourth-order valence-corrected chi connectivity index (χ4v) is 5.51. The van der Waals surface area contributed by atoms with E-state index in [-0.39, 0.29) is 17.3 Å². The lowest BCUT2D eigenvalue weighted by Crippen LogP contribution is -2.24. The van der Waals surface area contributed by atoms with Crippen LogP contribution in [0.5, 0.6) is 5.19 Å². The molecule has 0 spiro atoms. The lowest BCUT2D eigenvalue weighted by atomic mass is 9.94. The number of aryl methyl sites for hydroxylation is 1. The summed E-state index contributed by atoms with van der Waals surface area (Å²) in [5.41, 5.74) is 2.98. The minimum atomic E-state index is -1.35. The highest BCUT2D eigenvalue weighted by atomic mass is 32.2. The van der Waals surface area contributed by atoms with Crippen molar-refractivity contribution in [1.82, 2.24) is 25.1 Å². The third-order valence-electron chi connectivity index (χ3n) is 5.76. The number of hydrogen-bond acceptors (Lipinski definition) is 8. The number of carbonyl (C=O) groups is 1. The van der Waals surface area contributed by atoms with Gasteiger partial charge in [-0.25, -0.2) is 13.8 Å². The Bertz CT molecular complexity index is 1620. The lowest BCUT2D eigenvalue weighted by molar-refractivity contribution is -0.110. The van der Waals surface area contributed by atoms with E-state index >= 15 is 0 Å². The molecule has 0 aliphatic rings. The maximum atomic E-state index is 13.9. The molecular weight excluding hydrogens is 522 g/mol. The molecule has 2 unspecified atom stereocenters. The predicted octanol–water partition coefficient (Wildman–Crippen LogP) is 3.96. The lowest BCUT2D eigenvalue weighted by Gasteiger charge is -2.20. The van der Waals surface area contributed by atoms with E-state index in [0.29, 0.717) is 50.2 Å². The molecule has 0 saturated carbocycles. The predicted molar refractivity (Wildman–Crippen MR) is 138 cm³/mol. The van der Waals surface area contributed by atoms with Crippen LogP contribution in [0.1, 0.15) is 17.3 Å². The maximum Gasteiger partial charge on any atom is 0.273 e. The SMILES string of the molecule is Cn1nc(N[S+](C)[O-])c2cccc(-c3cc4sc(O)nc4nc3C(Cc3cc(F)cc(F)c3)NC=O)c21. The van der Waals surface area contributed by atoms with E-state index < -0.39 is 29.0 Å². The Morgan fingerprint density at radius 1 is 1.19 bits per heavy atom. The summed E-state index contributed by atoms with van der Waals surface area (Å²) in [5.74, 6) is -1.04. The van der Waals surface area contributed by atoms with Gasteiger partial charge in [0, 0.05) is 29.6 Å². The molecule has 2 atom stereocenters. The zero-order valence-electron chi connectivity index (χ0n) is 19.5. The molecule has 9 nitrogen and oxygen atoms in total. The number of halogens is 2. The van der Waals surface area contributed by atoms with E-state index in [0.717, 1.165) is 17.4 Å². The van der Waals surface area contributed by atoms with Crippen molar-refractivity contribution in [2.75, 3.05) is 11.0 Å². The Balaban J connectivity index is 1.74. The van der Waals surface area contributed by atoms with E-state index in [4.69, 9.17) is 0 Å². The van der Waals surface area contributed by atoms with Gasteiger partial charge in [0.25, 0.3) is 5.19 Å². The summed E-state index contributed by atoms with van der Waals surface area (Å²) in [6.07, 6.45) is 2.04. The van der Waals surface area contributed by atoms with E-state index in [9.17, 15) is 23.2 Å². The standard InChI is InChI=1S/C24H20F2N6O3S2/c1-32-21-15(4-3-5-16(21)22(30-32)31-37(2)35)17-10-19-23(29-24(34)36-19)28-20(17)18(27-11-33)8-12-6-13(25)9-14(26)7-12/h3-7,9-11,18H,8H2,1-2H3,(H,27,33)(H,30,31)(H,28,29,34). The number of para-hydroxylation sites is 1. The highest BCUT2D eigenvalue weighted by Crippen LogP contribution is 2.39. The van der Waals surface area contributed by atoms with Gasteiger partial charge in [0.2, 0.25) is 6.41 Å². The van der Waals surface area contributed by atoms with Gasteiger partial charge in [-0.1, -0.05) is 23.5 Å². The first-order chi connectivity index (χ1) is 17.7. The zero-order valence-corrected chi connectivity index (χ0v) is 21.2. The van der Waals surface area contributed by atoms with Crippen LogP contribution in [0.25, 0.3) is 32.4 Å². The van der Waals surface area contributed by atoms with Gasteiger partial charge < -0.3 is 15.0 Å². The van der Waals surface area contributed by atoms with Crippen LogP contribution >= 0.6 is 11.3 Å². The largest absolute Gasteiger partial charge is 0.593 e. The van der Waals surface area contributed by atoms with Crippen LogP contribution in [0.2, 0.25) is 0 Å². The minimum absolute atomic E-state index is 0.0397. The first-order valence-electron chi connectivity index (χ1n) is 10.9. The van der Waals surface area contributed by atoms with Crippen LogP contribution in [0, 0.1) is 11.6 Å². The summed E-state index contributed by atoms with van der Waals surface area (Å²) in [5, 5.41) is 17.7. The summed E-state index contributed by atoms with van der Waals surface area (Å²) < 4.78 is 44.7.